The minimum absolute atomic E-state index is 0.636. The largest absolute Gasteiger partial charge is 0.228 e. The first-order valence-corrected chi connectivity index (χ1v) is 22.3. The molecule has 0 spiro atoms. The molecule has 0 unspecified atom stereocenters. The molecule has 3 heteroatoms. The van der Waals surface area contributed by atoms with Gasteiger partial charge in [-0.05, 0) is 118 Å². The molecule has 0 saturated carbocycles. The molecule has 0 bridgehead atoms. The van der Waals surface area contributed by atoms with Crippen molar-refractivity contribution in [2.45, 2.75) is 0 Å². The highest BCUT2D eigenvalue weighted by Gasteiger charge is 2.18. The van der Waals surface area contributed by atoms with Gasteiger partial charge in [-0.15, -0.1) is 0 Å². The van der Waals surface area contributed by atoms with Gasteiger partial charge in [0.15, 0.2) is 5.82 Å². The predicted molar refractivity (Wildman–Crippen MR) is 275 cm³/mol. The zero-order valence-corrected chi connectivity index (χ0v) is 35.9. The van der Waals surface area contributed by atoms with E-state index in [1.165, 1.54) is 59.8 Å². The maximum atomic E-state index is 9.41. The number of nitrogens with zero attached hydrogens (tertiary/aromatic N) is 3. The Labute approximate surface area is 383 Å². The lowest BCUT2D eigenvalue weighted by Gasteiger charge is -2.17. The molecule has 0 saturated heterocycles. The monoisotopic (exact) mass is 837 g/mol. The molecule has 3 nitrogen and oxygen atoms in total. The summed E-state index contributed by atoms with van der Waals surface area (Å²) in [4.78, 5) is 10.6. The van der Waals surface area contributed by atoms with Gasteiger partial charge in [0.2, 0.25) is 0 Å². The molecule has 11 aromatic carbocycles. The minimum atomic E-state index is 0.636. The van der Waals surface area contributed by atoms with Crippen LogP contribution in [0.5, 0.6) is 0 Å². The summed E-state index contributed by atoms with van der Waals surface area (Å²) < 4.78 is 0. The number of fused-ring (bicyclic) bond motifs is 5. The van der Waals surface area contributed by atoms with Gasteiger partial charge in [-0.25, -0.2) is 9.97 Å². The van der Waals surface area contributed by atoms with Crippen LogP contribution in [0, 0.1) is 11.3 Å². The van der Waals surface area contributed by atoms with Crippen molar-refractivity contribution in [2.24, 2.45) is 0 Å². The maximum absolute atomic E-state index is 9.41. The van der Waals surface area contributed by atoms with Gasteiger partial charge in [0.25, 0.3) is 0 Å². The number of aromatic nitrogens is 2. The number of nitriles is 1. The molecular formula is C63H39N3. The SMILES string of the molecule is N#Cc1ccc(-c2cccc(-c3cc(-c4ccccc4-c4ccccc4)nc(-c4ccc(-c5ccc(-c6c7ccccc7cc7c6ccc6ccccc67)c6ccccc56)cc4)n3)c2)cc1. The molecule has 306 valence electrons. The highest BCUT2D eigenvalue weighted by atomic mass is 14.9. The zero-order valence-electron chi connectivity index (χ0n) is 35.9. The van der Waals surface area contributed by atoms with Crippen molar-refractivity contribution < 1.29 is 0 Å². The molecule has 1 aromatic heterocycles. The van der Waals surface area contributed by atoms with Crippen molar-refractivity contribution in [1.29, 1.82) is 5.26 Å². The molecule has 66 heavy (non-hydrogen) atoms. The van der Waals surface area contributed by atoms with Crippen LogP contribution in [0.4, 0.5) is 0 Å². The van der Waals surface area contributed by atoms with Crippen LogP contribution >= 0.6 is 0 Å². The van der Waals surface area contributed by atoms with Crippen LogP contribution in [-0.4, -0.2) is 9.97 Å². The molecule has 0 aliphatic heterocycles. The Balaban J connectivity index is 0.981. The molecule has 0 aliphatic carbocycles. The second-order valence-corrected chi connectivity index (χ2v) is 16.8. The van der Waals surface area contributed by atoms with Gasteiger partial charge in [-0.3, -0.25) is 0 Å². The molecule has 0 fully saturated rings. The van der Waals surface area contributed by atoms with Gasteiger partial charge in [0.1, 0.15) is 0 Å². The molecule has 0 atom stereocenters. The Bertz CT molecular complexity index is 3860. The molecule has 0 N–H and O–H groups in total. The van der Waals surface area contributed by atoms with E-state index >= 15 is 0 Å². The van der Waals surface area contributed by atoms with Crippen molar-refractivity contribution >= 4 is 43.1 Å². The molecule has 12 aromatic rings. The van der Waals surface area contributed by atoms with E-state index in [9.17, 15) is 5.26 Å². The number of hydrogen-bond donors (Lipinski definition) is 0. The lowest BCUT2D eigenvalue weighted by Crippen LogP contribution is -1.97. The zero-order chi connectivity index (χ0) is 44.0. The van der Waals surface area contributed by atoms with Crippen LogP contribution in [0.25, 0.3) is 122 Å². The van der Waals surface area contributed by atoms with Gasteiger partial charge in [0, 0.05) is 16.7 Å². The summed E-state index contributed by atoms with van der Waals surface area (Å²) in [6.45, 7) is 0. The van der Waals surface area contributed by atoms with E-state index in [0.717, 1.165) is 55.9 Å². The van der Waals surface area contributed by atoms with Crippen LogP contribution < -0.4 is 0 Å². The third-order valence-corrected chi connectivity index (χ3v) is 12.9. The maximum Gasteiger partial charge on any atom is 0.160 e. The lowest BCUT2D eigenvalue weighted by atomic mass is 9.86. The highest BCUT2D eigenvalue weighted by molar-refractivity contribution is 6.23. The van der Waals surface area contributed by atoms with Gasteiger partial charge in [0.05, 0.1) is 23.0 Å². The van der Waals surface area contributed by atoms with E-state index in [-0.39, 0.29) is 0 Å². The Hall–Kier alpha value is -8.97. The average molecular weight is 838 g/mol. The average Bonchev–Trinajstić information content (AvgIpc) is 3.40. The summed E-state index contributed by atoms with van der Waals surface area (Å²) in [5.41, 5.74) is 14.3. The third kappa shape index (κ3) is 6.86. The first-order chi connectivity index (χ1) is 32.7. The first kappa shape index (κ1) is 38.7. The number of benzene rings is 11. The van der Waals surface area contributed by atoms with Crippen LogP contribution in [0.3, 0.4) is 0 Å². The normalized spacial score (nSPS) is 11.3. The van der Waals surface area contributed by atoms with Crippen LogP contribution in [0.15, 0.2) is 237 Å². The molecule has 1 heterocycles. The summed E-state index contributed by atoms with van der Waals surface area (Å²) in [5, 5.41) is 19.3. The topological polar surface area (TPSA) is 49.6 Å². The van der Waals surface area contributed by atoms with Crippen molar-refractivity contribution in [2.75, 3.05) is 0 Å². The van der Waals surface area contributed by atoms with Crippen molar-refractivity contribution in [3.05, 3.63) is 242 Å². The molecular weight excluding hydrogens is 799 g/mol. The van der Waals surface area contributed by atoms with E-state index < -0.39 is 0 Å². The third-order valence-electron chi connectivity index (χ3n) is 12.9. The van der Waals surface area contributed by atoms with Gasteiger partial charge >= 0.3 is 0 Å². The summed E-state index contributed by atoms with van der Waals surface area (Å²) >= 11 is 0. The Kier molecular flexibility index (Phi) is 9.55. The Morgan fingerprint density at radius 3 is 1.65 bits per heavy atom. The summed E-state index contributed by atoms with van der Waals surface area (Å²) in [7, 11) is 0. The number of rotatable bonds is 7. The summed E-state index contributed by atoms with van der Waals surface area (Å²) in [6.07, 6.45) is 0. The van der Waals surface area contributed by atoms with Gasteiger partial charge in [-0.1, -0.05) is 206 Å². The second-order valence-electron chi connectivity index (χ2n) is 16.8. The fourth-order valence-electron chi connectivity index (χ4n) is 9.71. The van der Waals surface area contributed by atoms with E-state index in [4.69, 9.17) is 9.97 Å². The van der Waals surface area contributed by atoms with Gasteiger partial charge in [-0.2, -0.15) is 5.26 Å². The number of hydrogen-bond acceptors (Lipinski definition) is 3. The fourth-order valence-corrected chi connectivity index (χ4v) is 9.71. The van der Waals surface area contributed by atoms with Crippen LogP contribution in [0.2, 0.25) is 0 Å². The van der Waals surface area contributed by atoms with Crippen LogP contribution in [-0.2, 0) is 0 Å². The lowest BCUT2D eigenvalue weighted by molar-refractivity contribution is 1.18. The van der Waals surface area contributed by atoms with E-state index in [2.05, 4.69) is 212 Å². The van der Waals surface area contributed by atoms with E-state index in [1.54, 1.807) is 0 Å². The summed E-state index contributed by atoms with van der Waals surface area (Å²) in [6, 6.07) is 85.9. The van der Waals surface area contributed by atoms with Crippen molar-refractivity contribution in [3.63, 3.8) is 0 Å². The first-order valence-electron chi connectivity index (χ1n) is 22.3. The predicted octanol–water partition coefficient (Wildman–Crippen LogP) is 16.6. The standard InChI is InChI=1S/C63H39N3/c64-40-41-25-27-42(28-26-41)47-17-12-18-49(37-47)60-39-61(56-24-11-8-19-50(56)43-13-2-1-3-14-43)66-63(65-60)46-31-29-45(30-32-46)52-35-36-57(55-23-10-9-22-54(52)55)62-53-21-7-5-16-48(53)38-59-51-20-6-4-15-44(51)33-34-58(59)62/h1-39H. The minimum Gasteiger partial charge on any atom is -0.228 e. The molecule has 0 amide bonds. The molecule has 0 radical (unpaired) electrons. The van der Waals surface area contributed by atoms with E-state index in [1.807, 2.05) is 30.3 Å². The Morgan fingerprint density at radius 1 is 0.288 bits per heavy atom. The molecule has 0 aliphatic rings. The second kappa shape index (κ2) is 16.3. The quantitative estimate of drug-likeness (QED) is 0.119. The van der Waals surface area contributed by atoms with Crippen LogP contribution in [0.1, 0.15) is 5.56 Å². The highest BCUT2D eigenvalue weighted by Crippen LogP contribution is 2.44. The molecule has 12 rings (SSSR count). The van der Waals surface area contributed by atoms with E-state index in [0.29, 0.717) is 11.4 Å². The van der Waals surface area contributed by atoms with Gasteiger partial charge < -0.3 is 0 Å². The Morgan fingerprint density at radius 2 is 0.864 bits per heavy atom. The smallest absolute Gasteiger partial charge is 0.160 e. The fraction of sp³-hybridized carbons (Fsp3) is 0. The van der Waals surface area contributed by atoms with Crippen molar-refractivity contribution in [3.8, 4) is 84.5 Å². The van der Waals surface area contributed by atoms with Crippen molar-refractivity contribution in [1.82, 2.24) is 9.97 Å². The summed E-state index contributed by atoms with van der Waals surface area (Å²) in [5.74, 6) is 0.649.